The van der Waals surface area contributed by atoms with E-state index in [1.54, 1.807) is 0 Å². The SMILES string of the molecule is [C-]#[N+]c1ccc2c(c1)c1ccccc1n2-c1ccccc1-c1ccc(-n2c3ccccc3c3cc(C#N)ccc32)c(C#N)c1. The van der Waals surface area contributed by atoms with Gasteiger partial charge in [-0.1, -0.05) is 66.7 Å². The molecule has 0 bridgehead atoms. The maximum Gasteiger partial charge on any atom is 0.188 e. The van der Waals surface area contributed by atoms with Crippen LogP contribution in [0, 0.1) is 29.2 Å². The van der Waals surface area contributed by atoms with E-state index in [-0.39, 0.29) is 0 Å². The fourth-order valence-corrected chi connectivity index (χ4v) is 6.49. The summed E-state index contributed by atoms with van der Waals surface area (Å²) in [5, 5.41) is 24.1. The van der Waals surface area contributed by atoms with Crippen LogP contribution in [0.2, 0.25) is 0 Å². The van der Waals surface area contributed by atoms with Gasteiger partial charge in [0.05, 0.1) is 57.2 Å². The summed E-state index contributed by atoms with van der Waals surface area (Å²) in [4.78, 5) is 3.66. The molecule has 5 nitrogen and oxygen atoms in total. The molecule has 0 atom stereocenters. The molecule has 6 aromatic carbocycles. The Labute approximate surface area is 253 Å². The van der Waals surface area contributed by atoms with Crippen molar-refractivity contribution in [2.45, 2.75) is 0 Å². The largest absolute Gasteiger partial charge is 0.309 e. The predicted molar refractivity (Wildman–Crippen MR) is 176 cm³/mol. The van der Waals surface area contributed by atoms with Crippen LogP contribution in [0.4, 0.5) is 5.69 Å². The van der Waals surface area contributed by atoms with Gasteiger partial charge >= 0.3 is 0 Å². The lowest BCUT2D eigenvalue weighted by Gasteiger charge is -2.16. The van der Waals surface area contributed by atoms with Crippen LogP contribution < -0.4 is 0 Å². The molecular formula is C39H21N5. The third kappa shape index (κ3) is 3.63. The Morgan fingerprint density at radius 1 is 0.523 bits per heavy atom. The lowest BCUT2D eigenvalue weighted by Crippen LogP contribution is -2.00. The van der Waals surface area contributed by atoms with E-state index >= 15 is 0 Å². The number of rotatable bonds is 3. The van der Waals surface area contributed by atoms with Gasteiger partial charge in [0.25, 0.3) is 0 Å². The third-order valence-electron chi connectivity index (χ3n) is 8.40. The van der Waals surface area contributed by atoms with Crippen molar-refractivity contribution in [2.75, 3.05) is 0 Å². The molecule has 0 N–H and O–H groups in total. The second-order valence-electron chi connectivity index (χ2n) is 10.7. The number of nitrogens with zero attached hydrogens (tertiary/aromatic N) is 5. The van der Waals surface area contributed by atoms with Crippen LogP contribution in [0.25, 0.3) is 71.0 Å². The summed E-state index contributed by atoms with van der Waals surface area (Å²) in [6.07, 6.45) is 0. The number of para-hydroxylation sites is 3. The van der Waals surface area contributed by atoms with Crippen LogP contribution in [-0.4, -0.2) is 9.13 Å². The van der Waals surface area contributed by atoms with Gasteiger partial charge in [0, 0.05) is 21.7 Å². The molecular weight excluding hydrogens is 538 g/mol. The molecule has 0 saturated heterocycles. The van der Waals surface area contributed by atoms with Crippen LogP contribution in [0.1, 0.15) is 11.1 Å². The second kappa shape index (κ2) is 9.74. The summed E-state index contributed by atoms with van der Waals surface area (Å²) < 4.78 is 4.36. The number of hydrogen-bond acceptors (Lipinski definition) is 2. The van der Waals surface area contributed by atoms with Crippen molar-refractivity contribution in [3.63, 3.8) is 0 Å². The molecule has 0 radical (unpaired) electrons. The van der Waals surface area contributed by atoms with Crippen molar-refractivity contribution in [3.8, 4) is 34.6 Å². The lowest BCUT2D eigenvalue weighted by molar-refractivity contribution is 1.16. The monoisotopic (exact) mass is 559 g/mol. The van der Waals surface area contributed by atoms with E-state index in [1.165, 1.54) is 0 Å². The molecule has 8 rings (SSSR count). The van der Waals surface area contributed by atoms with Crippen LogP contribution in [0.15, 0.2) is 127 Å². The highest BCUT2D eigenvalue weighted by Crippen LogP contribution is 2.39. The molecule has 0 aliphatic carbocycles. The molecule has 0 fully saturated rings. The van der Waals surface area contributed by atoms with Gasteiger partial charge in [0.1, 0.15) is 6.07 Å². The summed E-state index contributed by atoms with van der Waals surface area (Å²) in [7, 11) is 0. The topological polar surface area (TPSA) is 61.8 Å². The standard InChI is InChI=1S/C39H21N5/c1-42-28-16-19-39-33(22-28)31-10-4-7-13-37(31)44(39)35-11-5-2-8-29(35)26-15-18-34(27(21-26)24-41)43-36-12-6-3-9-30(36)32-20-25(23-40)14-17-38(32)43/h2-22H. The fourth-order valence-electron chi connectivity index (χ4n) is 6.49. The number of fused-ring (bicyclic) bond motifs is 6. The summed E-state index contributed by atoms with van der Waals surface area (Å²) >= 11 is 0. The highest BCUT2D eigenvalue weighted by Gasteiger charge is 2.19. The molecule has 202 valence electrons. The van der Waals surface area contributed by atoms with Crippen LogP contribution in [0.3, 0.4) is 0 Å². The van der Waals surface area contributed by atoms with Crippen LogP contribution in [0.5, 0.6) is 0 Å². The average molecular weight is 560 g/mol. The van der Waals surface area contributed by atoms with Crippen molar-refractivity contribution < 1.29 is 0 Å². The van der Waals surface area contributed by atoms with Crippen molar-refractivity contribution in [1.82, 2.24) is 9.13 Å². The van der Waals surface area contributed by atoms with E-state index in [0.29, 0.717) is 16.8 Å². The molecule has 0 aliphatic rings. The van der Waals surface area contributed by atoms with Gasteiger partial charge < -0.3 is 9.13 Å². The first-order valence-electron chi connectivity index (χ1n) is 14.2. The molecule has 2 aromatic heterocycles. The summed E-state index contributed by atoms with van der Waals surface area (Å²) in [6.45, 7) is 7.54. The Morgan fingerprint density at radius 2 is 1.14 bits per heavy atom. The number of benzene rings is 6. The van der Waals surface area contributed by atoms with Gasteiger partial charge in [-0.2, -0.15) is 10.5 Å². The zero-order chi connectivity index (χ0) is 29.8. The molecule has 44 heavy (non-hydrogen) atoms. The van der Waals surface area contributed by atoms with Gasteiger partial charge in [-0.05, 0) is 71.6 Å². The smallest absolute Gasteiger partial charge is 0.188 e. The summed E-state index contributed by atoms with van der Waals surface area (Å²) in [5.41, 5.74) is 9.45. The van der Waals surface area contributed by atoms with E-state index < -0.39 is 0 Å². The number of nitriles is 2. The first kappa shape index (κ1) is 25.1. The van der Waals surface area contributed by atoms with Gasteiger partial charge in [0.2, 0.25) is 0 Å². The molecule has 0 saturated carbocycles. The Balaban J connectivity index is 1.36. The van der Waals surface area contributed by atoms with E-state index in [9.17, 15) is 10.5 Å². The van der Waals surface area contributed by atoms with Crippen molar-refractivity contribution >= 4 is 49.3 Å². The number of aromatic nitrogens is 2. The minimum absolute atomic E-state index is 0.549. The van der Waals surface area contributed by atoms with Gasteiger partial charge in [-0.3, -0.25) is 0 Å². The second-order valence-corrected chi connectivity index (χ2v) is 10.7. The Bertz CT molecular complexity index is 2600. The number of hydrogen-bond donors (Lipinski definition) is 0. The zero-order valence-corrected chi connectivity index (χ0v) is 23.4. The van der Waals surface area contributed by atoms with Crippen molar-refractivity contribution in [1.29, 1.82) is 10.5 Å². The van der Waals surface area contributed by atoms with Gasteiger partial charge in [0.15, 0.2) is 5.69 Å². The first-order chi connectivity index (χ1) is 21.7. The van der Waals surface area contributed by atoms with Gasteiger partial charge in [-0.25, -0.2) is 4.85 Å². The Hall–Kier alpha value is -6.61. The van der Waals surface area contributed by atoms with Crippen molar-refractivity contribution in [3.05, 3.63) is 150 Å². The molecule has 0 unspecified atom stereocenters. The predicted octanol–water partition coefficient (Wildman–Crippen LogP) is 9.84. The minimum atomic E-state index is 0.549. The van der Waals surface area contributed by atoms with Crippen LogP contribution >= 0.6 is 0 Å². The lowest BCUT2D eigenvalue weighted by atomic mass is 10.00. The summed E-state index contributed by atoms with van der Waals surface area (Å²) in [6, 6.07) is 46.9. The van der Waals surface area contributed by atoms with Crippen LogP contribution in [-0.2, 0) is 0 Å². The zero-order valence-electron chi connectivity index (χ0n) is 23.4. The maximum atomic E-state index is 10.5. The molecule has 8 aromatic rings. The molecule has 0 spiro atoms. The van der Waals surface area contributed by atoms with Gasteiger partial charge in [-0.15, -0.1) is 0 Å². The maximum absolute atomic E-state index is 10.5. The van der Waals surface area contributed by atoms with E-state index in [4.69, 9.17) is 6.57 Å². The molecule has 2 heterocycles. The summed E-state index contributed by atoms with van der Waals surface area (Å²) in [5.74, 6) is 0. The molecule has 5 heteroatoms. The van der Waals surface area contributed by atoms with E-state index in [0.717, 1.165) is 66.1 Å². The average Bonchev–Trinajstić information content (AvgIpc) is 3.60. The van der Waals surface area contributed by atoms with Crippen molar-refractivity contribution in [2.24, 2.45) is 0 Å². The Morgan fingerprint density at radius 3 is 1.84 bits per heavy atom. The minimum Gasteiger partial charge on any atom is -0.309 e. The van der Waals surface area contributed by atoms with E-state index in [1.807, 2.05) is 91.0 Å². The highest BCUT2D eigenvalue weighted by molar-refractivity contribution is 6.11. The quantitative estimate of drug-likeness (QED) is 0.202. The normalized spacial score (nSPS) is 11.1. The highest BCUT2D eigenvalue weighted by atomic mass is 15.0. The third-order valence-corrected chi connectivity index (χ3v) is 8.40. The Kier molecular flexibility index (Phi) is 5.56. The fraction of sp³-hybridized carbons (Fsp3) is 0. The molecule has 0 aliphatic heterocycles. The molecule has 0 amide bonds. The van der Waals surface area contributed by atoms with E-state index in [2.05, 4.69) is 62.5 Å². The first-order valence-corrected chi connectivity index (χ1v) is 14.2.